The first-order chi connectivity index (χ1) is 10.2. The zero-order valence-corrected chi connectivity index (χ0v) is 13.9. The van der Waals surface area contributed by atoms with E-state index in [1.165, 1.54) is 24.8 Å². The van der Waals surface area contributed by atoms with E-state index in [0.717, 1.165) is 13.0 Å². The van der Waals surface area contributed by atoms with Gasteiger partial charge in [-0.15, -0.1) is 0 Å². The molecule has 1 aliphatic rings. The van der Waals surface area contributed by atoms with E-state index in [4.69, 9.17) is 0 Å². The molecule has 2 aromatic rings. The van der Waals surface area contributed by atoms with Crippen molar-refractivity contribution in [1.82, 2.24) is 5.32 Å². The molecular weight excluding hydrogens is 274 g/mol. The summed E-state index contributed by atoms with van der Waals surface area (Å²) in [5.41, 5.74) is 4.89. The van der Waals surface area contributed by atoms with Gasteiger partial charge < -0.3 is 5.32 Å². The van der Waals surface area contributed by atoms with Gasteiger partial charge in [0, 0.05) is 18.0 Å². The third-order valence-corrected chi connectivity index (χ3v) is 5.39. The van der Waals surface area contributed by atoms with Gasteiger partial charge in [-0.1, -0.05) is 38.1 Å². The summed E-state index contributed by atoms with van der Waals surface area (Å²) in [6, 6.07) is 11.9. The van der Waals surface area contributed by atoms with Crippen LogP contribution in [0.3, 0.4) is 0 Å². The molecule has 112 valence electrons. The average molecular weight is 299 g/mol. The SMILES string of the molecule is CC(C)NCC1(Cc2ccsc2)CCCc2ccccc21. The summed E-state index contributed by atoms with van der Waals surface area (Å²) in [5.74, 6) is 0. The van der Waals surface area contributed by atoms with Gasteiger partial charge in [-0.05, 0) is 59.2 Å². The Balaban J connectivity index is 1.96. The summed E-state index contributed by atoms with van der Waals surface area (Å²) < 4.78 is 0. The van der Waals surface area contributed by atoms with Crippen molar-refractivity contribution in [3.63, 3.8) is 0 Å². The molecule has 1 aliphatic carbocycles. The van der Waals surface area contributed by atoms with Crippen LogP contribution >= 0.6 is 11.3 Å². The fourth-order valence-electron chi connectivity index (χ4n) is 3.62. The molecule has 0 spiro atoms. The Morgan fingerprint density at radius 1 is 1.24 bits per heavy atom. The Labute approximate surface area is 132 Å². The maximum atomic E-state index is 3.71. The van der Waals surface area contributed by atoms with E-state index in [9.17, 15) is 0 Å². The van der Waals surface area contributed by atoms with Crippen LogP contribution in [0.4, 0.5) is 0 Å². The fraction of sp³-hybridized carbons (Fsp3) is 0.474. The molecule has 0 saturated carbocycles. The highest BCUT2D eigenvalue weighted by Crippen LogP contribution is 2.40. The number of thiophene rings is 1. The maximum absolute atomic E-state index is 3.71. The second kappa shape index (κ2) is 6.33. The van der Waals surface area contributed by atoms with E-state index in [0.29, 0.717) is 6.04 Å². The normalized spacial score (nSPS) is 21.5. The second-order valence-electron chi connectivity index (χ2n) is 6.64. The predicted octanol–water partition coefficient (Wildman–Crippen LogP) is 4.56. The first kappa shape index (κ1) is 14.8. The van der Waals surface area contributed by atoms with Crippen LogP contribution in [0.5, 0.6) is 0 Å². The van der Waals surface area contributed by atoms with Gasteiger partial charge in [0.2, 0.25) is 0 Å². The standard InChI is InChI=1S/C19H25NS/c1-15(2)20-14-19(12-16-9-11-21-13-16)10-5-7-17-6-3-4-8-18(17)19/h3-4,6,8-9,11,13,15,20H,5,7,10,12,14H2,1-2H3. The van der Waals surface area contributed by atoms with Crippen LogP contribution in [-0.4, -0.2) is 12.6 Å². The van der Waals surface area contributed by atoms with E-state index in [1.807, 2.05) is 11.3 Å². The maximum Gasteiger partial charge on any atom is 0.0121 e. The molecule has 1 N–H and O–H groups in total. The number of benzene rings is 1. The molecule has 0 fully saturated rings. The number of rotatable bonds is 5. The van der Waals surface area contributed by atoms with Gasteiger partial charge in [0.1, 0.15) is 0 Å². The molecule has 1 atom stereocenters. The van der Waals surface area contributed by atoms with Gasteiger partial charge in [0.25, 0.3) is 0 Å². The summed E-state index contributed by atoms with van der Waals surface area (Å²) >= 11 is 1.81. The van der Waals surface area contributed by atoms with Crippen molar-refractivity contribution >= 4 is 11.3 Å². The molecule has 2 heteroatoms. The largest absolute Gasteiger partial charge is 0.314 e. The minimum Gasteiger partial charge on any atom is -0.314 e. The Kier molecular flexibility index (Phi) is 4.46. The molecule has 1 nitrogen and oxygen atoms in total. The molecular formula is C19H25NS. The van der Waals surface area contributed by atoms with E-state index >= 15 is 0 Å². The molecule has 0 bridgehead atoms. The van der Waals surface area contributed by atoms with Crippen LogP contribution in [0, 0.1) is 0 Å². The Morgan fingerprint density at radius 3 is 2.86 bits per heavy atom. The smallest absolute Gasteiger partial charge is 0.0121 e. The van der Waals surface area contributed by atoms with E-state index in [1.54, 1.807) is 11.1 Å². The van der Waals surface area contributed by atoms with Gasteiger partial charge >= 0.3 is 0 Å². The highest BCUT2D eigenvalue weighted by Gasteiger charge is 2.36. The highest BCUT2D eigenvalue weighted by molar-refractivity contribution is 7.07. The van der Waals surface area contributed by atoms with Crippen molar-refractivity contribution < 1.29 is 0 Å². The Morgan fingerprint density at radius 2 is 2.10 bits per heavy atom. The number of hydrogen-bond donors (Lipinski definition) is 1. The summed E-state index contributed by atoms with van der Waals surface area (Å²) in [5, 5.41) is 8.23. The first-order valence-corrected chi connectivity index (χ1v) is 8.97. The molecule has 0 saturated heterocycles. The van der Waals surface area contributed by atoms with Crippen molar-refractivity contribution in [1.29, 1.82) is 0 Å². The monoisotopic (exact) mass is 299 g/mol. The van der Waals surface area contributed by atoms with Gasteiger partial charge in [-0.3, -0.25) is 0 Å². The van der Waals surface area contributed by atoms with Crippen molar-refractivity contribution in [3.8, 4) is 0 Å². The summed E-state index contributed by atoms with van der Waals surface area (Å²) in [4.78, 5) is 0. The molecule has 1 heterocycles. The topological polar surface area (TPSA) is 12.0 Å². The van der Waals surface area contributed by atoms with Crippen LogP contribution in [0.15, 0.2) is 41.1 Å². The van der Waals surface area contributed by atoms with E-state index in [2.05, 4.69) is 60.3 Å². The lowest BCUT2D eigenvalue weighted by Gasteiger charge is -2.40. The third-order valence-electron chi connectivity index (χ3n) is 4.66. The van der Waals surface area contributed by atoms with Gasteiger partial charge in [-0.2, -0.15) is 11.3 Å². The second-order valence-corrected chi connectivity index (χ2v) is 7.42. The number of aryl methyl sites for hydroxylation is 1. The molecule has 3 rings (SSSR count). The third kappa shape index (κ3) is 3.22. The Hall–Kier alpha value is -1.12. The quantitative estimate of drug-likeness (QED) is 0.853. The molecule has 21 heavy (non-hydrogen) atoms. The zero-order chi connectivity index (χ0) is 14.7. The molecule has 0 aliphatic heterocycles. The van der Waals surface area contributed by atoms with E-state index in [-0.39, 0.29) is 5.41 Å². The van der Waals surface area contributed by atoms with Crippen LogP contribution in [0.25, 0.3) is 0 Å². The molecule has 1 aromatic carbocycles. The van der Waals surface area contributed by atoms with Gasteiger partial charge in [-0.25, -0.2) is 0 Å². The minimum absolute atomic E-state index is 0.264. The van der Waals surface area contributed by atoms with Crippen LogP contribution < -0.4 is 5.32 Å². The Bertz CT molecular complexity index is 573. The predicted molar refractivity (Wildman–Crippen MR) is 92.2 cm³/mol. The van der Waals surface area contributed by atoms with Crippen molar-refractivity contribution in [2.24, 2.45) is 0 Å². The van der Waals surface area contributed by atoms with Crippen LogP contribution in [-0.2, 0) is 18.3 Å². The van der Waals surface area contributed by atoms with Crippen molar-refractivity contribution in [3.05, 3.63) is 57.8 Å². The lowest BCUT2D eigenvalue weighted by Crippen LogP contribution is -2.44. The number of hydrogen-bond acceptors (Lipinski definition) is 2. The number of fused-ring (bicyclic) bond motifs is 1. The average Bonchev–Trinajstić information content (AvgIpc) is 2.98. The summed E-state index contributed by atoms with van der Waals surface area (Å²) in [6.45, 7) is 5.57. The van der Waals surface area contributed by atoms with Crippen LogP contribution in [0.2, 0.25) is 0 Å². The lowest BCUT2D eigenvalue weighted by atomic mass is 9.67. The minimum atomic E-state index is 0.264. The molecule has 0 radical (unpaired) electrons. The van der Waals surface area contributed by atoms with Crippen molar-refractivity contribution in [2.45, 2.75) is 51.0 Å². The molecule has 0 amide bonds. The van der Waals surface area contributed by atoms with Gasteiger partial charge in [0.15, 0.2) is 0 Å². The van der Waals surface area contributed by atoms with Crippen molar-refractivity contribution in [2.75, 3.05) is 6.54 Å². The zero-order valence-electron chi connectivity index (χ0n) is 13.1. The first-order valence-electron chi connectivity index (χ1n) is 8.02. The summed E-state index contributed by atoms with van der Waals surface area (Å²) in [6.07, 6.45) is 5.00. The van der Waals surface area contributed by atoms with Crippen LogP contribution in [0.1, 0.15) is 43.4 Å². The fourth-order valence-corrected chi connectivity index (χ4v) is 4.29. The lowest BCUT2D eigenvalue weighted by molar-refractivity contribution is 0.325. The molecule has 1 unspecified atom stereocenters. The highest BCUT2D eigenvalue weighted by atomic mass is 32.1. The number of nitrogens with one attached hydrogen (secondary N) is 1. The van der Waals surface area contributed by atoms with E-state index < -0.39 is 0 Å². The van der Waals surface area contributed by atoms with Gasteiger partial charge in [0.05, 0.1) is 0 Å². The molecule has 1 aromatic heterocycles. The summed E-state index contributed by atoms with van der Waals surface area (Å²) in [7, 11) is 0.